The molecule has 0 aromatic heterocycles. The second-order valence-electron chi connectivity index (χ2n) is 14.4. The summed E-state index contributed by atoms with van der Waals surface area (Å²) in [5.74, 6) is -1.33. The Bertz CT molecular complexity index is 985. The highest BCUT2D eigenvalue weighted by molar-refractivity contribution is 5.66. The number of allylic oxidation sites excluding steroid dienone is 10. The molecule has 0 spiro atoms. The van der Waals surface area contributed by atoms with Crippen molar-refractivity contribution in [3.8, 4) is 0 Å². The molecule has 4 heteroatoms. The summed E-state index contributed by atoms with van der Waals surface area (Å²) >= 11 is 0. The number of rotatable bonds is 27. The highest BCUT2D eigenvalue weighted by Gasteiger charge is 2.41. The summed E-state index contributed by atoms with van der Waals surface area (Å²) < 4.78 is 0. The first-order valence-corrected chi connectivity index (χ1v) is 19.1. The van der Waals surface area contributed by atoms with Crippen LogP contribution in [0.5, 0.6) is 0 Å². The quantitative estimate of drug-likeness (QED) is 0.0695. The van der Waals surface area contributed by atoms with Crippen molar-refractivity contribution in [2.75, 3.05) is 0 Å². The van der Waals surface area contributed by atoms with Crippen LogP contribution in [0, 0.1) is 16.2 Å². The van der Waals surface area contributed by atoms with Gasteiger partial charge < -0.3 is 10.2 Å². The lowest BCUT2D eigenvalue weighted by Gasteiger charge is -2.07. The van der Waals surface area contributed by atoms with Gasteiger partial charge in [-0.15, -0.1) is 0 Å². The number of carboxylic acid groups (broad SMARTS) is 2. The van der Waals surface area contributed by atoms with Crippen LogP contribution in [0.4, 0.5) is 0 Å². The number of aliphatic carboxylic acids is 2. The summed E-state index contributed by atoms with van der Waals surface area (Å²) in [7, 11) is 0. The highest BCUT2D eigenvalue weighted by Crippen LogP contribution is 2.54. The van der Waals surface area contributed by atoms with E-state index in [4.69, 9.17) is 10.2 Å². The first kappa shape index (κ1) is 39.8. The molecule has 2 N–H and O–H groups in total. The van der Waals surface area contributed by atoms with Gasteiger partial charge in [-0.2, -0.15) is 0 Å². The third-order valence-electron chi connectivity index (χ3n) is 9.76. The molecular formula is C42H68O4. The molecule has 260 valence electrons. The van der Waals surface area contributed by atoms with Gasteiger partial charge in [0, 0.05) is 29.1 Å². The van der Waals surface area contributed by atoms with Crippen molar-refractivity contribution in [3.63, 3.8) is 0 Å². The molecule has 0 aliphatic heterocycles. The van der Waals surface area contributed by atoms with Gasteiger partial charge in [0.25, 0.3) is 0 Å². The van der Waals surface area contributed by atoms with Crippen LogP contribution in [0.15, 0.2) is 60.8 Å². The van der Waals surface area contributed by atoms with Crippen molar-refractivity contribution in [2.24, 2.45) is 16.2 Å². The Balaban J connectivity index is 0.000000322. The van der Waals surface area contributed by atoms with E-state index >= 15 is 0 Å². The maximum absolute atomic E-state index is 10.4. The van der Waals surface area contributed by atoms with Gasteiger partial charge in [0.05, 0.1) is 0 Å². The lowest BCUT2D eigenvalue weighted by molar-refractivity contribution is -0.138. The molecule has 0 atom stereocenters. The predicted molar refractivity (Wildman–Crippen MR) is 195 cm³/mol. The minimum absolute atomic E-state index is 0.323. The van der Waals surface area contributed by atoms with E-state index in [0.29, 0.717) is 29.1 Å². The van der Waals surface area contributed by atoms with Gasteiger partial charge in [-0.05, 0) is 96.3 Å². The van der Waals surface area contributed by atoms with E-state index in [1.807, 2.05) is 0 Å². The fourth-order valence-corrected chi connectivity index (χ4v) is 5.89. The first-order chi connectivity index (χ1) is 22.3. The van der Waals surface area contributed by atoms with Gasteiger partial charge in [-0.3, -0.25) is 9.59 Å². The summed E-state index contributed by atoms with van der Waals surface area (Å²) in [5.41, 5.74) is 1.18. The number of carboxylic acids is 2. The van der Waals surface area contributed by atoms with E-state index < -0.39 is 11.9 Å². The summed E-state index contributed by atoms with van der Waals surface area (Å²) in [5, 5.41) is 17.1. The van der Waals surface area contributed by atoms with Crippen molar-refractivity contribution in [3.05, 3.63) is 60.8 Å². The molecule has 0 amide bonds. The van der Waals surface area contributed by atoms with Crippen molar-refractivity contribution in [1.82, 2.24) is 0 Å². The topological polar surface area (TPSA) is 74.6 Å². The van der Waals surface area contributed by atoms with Gasteiger partial charge in [0.15, 0.2) is 0 Å². The first-order valence-electron chi connectivity index (χ1n) is 19.1. The number of hydrogen-bond acceptors (Lipinski definition) is 2. The van der Waals surface area contributed by atoms with Crippen molar-refractivity contribution in [1.29, 1.82) is 0 Å². The zero-order valence-electron chi connectivity index (χ0n) is 29.7. The lowest BCUT2D eigenvalue weighted by atomic mass is 9.98. The van der Waals surface area contributed by atoms with Crippen LogP contribution in [0.1, 0.15) is 174 Å². The fourth-order valence-electron chi connectivity index (χ4n) is 5.89. The van der Waals surface area contributed by atoms with Crippen molar-refractivity contribution >= 4 is 11.9 Å². The summed E-state index contributed by atoms with van der Waals surface area (Å²) in [4.78, 5) is 20.8. The molecule has 0 aromatic rings. The number of unbranched alkanes of at least 4 members (excludes halogenated alkanes) is 13. The molecule has 3 aliphatic rings. The fraction of sp³-hybridized carbons (Fsp3) is 0.714. The van der Waals surface area contributed by atoms with Gasteiger partial charge in [0.2, 0.25) is 0 Å². The lowest BCUT2D eigenvalue weighted by Crippen LogP contribution is -1.94. The number of carbonyl (C=O) groups is 2. The summed E-state index contributed by atoms with van der Waals surface area (Å²) in [6, 6.07) is 0. The Morgan fingerprint density at radius 3 is 1.13 bits per heavy atom. The van der Waals surface area contributed by atoms with E-state index in [1.54, 1.807) is 0 Å². The van der Waals surface area contributed by atoms with E-state index in [1.165, 1.54) is 109 Å². The smallest absolute Gasteiger partial charge is 0.303 e. The number of hydrogen-bond donors (Lipinski definition) is 2. The molecule has 0 aromatic carbocycles. The molecule has 0 bridgehead atoms. The normalized spacial score (nSPS) is 18.9. The van der Waals surface area contributed by atoms with Crippen LogP contribution < -0.4 is 0 Å². The Morgan fingerprint density at radius 1 is 0.457 bits per heavy atom. The predicted octanol–water partition coefficient (Wildman–Crippen LogP) is 12.7. The van der Waals surface area contributed by atoms with Crippen LogP contribution in [0.3, 0.4) is 0 Å². The molecule has 3 fully saturated rings. The molecule has 3 saturated carbocycles. The van der Waals surface area contributed by atoms with Crippen LogP contribution in [0.2, 0.25) is 0 Å². The Labute approximate surface area is 282 Å². The summed E-state index contributed by atoms with van der Waals surface area (Å²) in [6.45, 7) is 4.45. The molecule has 0 saturated heterocycles. The average molecular weight is 637 g/mol. The van der Waals surface area contributed by atoms with Gasteiger partial charge in [-0.1, -0.05) is 126 Å². The largest absolute Gasteiger partial charge is 0.481 e. The van der Waals surface area contributed by atoms with Crippen molar-refractivity contribution in [2.45, 2.75) is 174 Å². The van der Waals surface area contributed by atoms with E-state index in [-0.39, 0.29) is 0 Å². The third-order valence-corrected chi connectivity index (χ3v) is 9.76. The van der Waals surface area contributed by atoms with E-state index in [0.717, 1.165) is 38.5 Å². The van der Waals surface area contributed by atoms with Crippen LogP contribution in [-0.4, -0.2) is 22.2 Å². The second kappa shape index (κ2) is 23.0. The standard InChI is InChI=1S/C22H34O2.C20H34O2/c1-2-3-12-21(14-15-21)16-17-22(18-19-22)13-10-8-6-4-5-7-9-11-20(23)24;1-2-3-4-9-12-15-20(17-18-20)16-13-10-7-5-6-8-11-14-19(21)22/h3,10,12-13,16-17H,2,4-9,11,14-15,18-19H2,1H3,(H,23,24);12-13,15-16H,2-11,14,17-18H2,1H3,(H,21,22)/b12-3+,13-10+,17-16+;15-12+,16-13+. The van der Waals surface area contributed by atoms with Crippen LogP contribution in [-0.2, 0) is 9.59 Å². The maximum Gasteiger partial charge on any atom is 0.303 e. The zero-order valence-corrected chi connectivity index (χ0v) is 29.7. The highest BCUT2D eigenvalue weighted by atomic mass is 16.4. The summed E-state index contributed by atoms with van der Waals surface area (Å²) in [6.07, 6.45) is 52.3. The van der Waals surface area contributed by atoms with E-state index in [9.17, 15) is 9.59 Å². The molecule has 0 radical (unpaired) electrons. The Hall–Kier alpha value is -2.36. The maximum atomic E-state index is 10.4. The monoisotopic (exact) mass is 637 g/mol. The van der Waals surface area contributed by atoms with Gasteiger partial charge in [-0.25, -0.2) is 0 Å². The Kier molecular flexibility index (Phi) is 19.9. The van der Waals surface area contributed by atoms with Crippen LogP contribution in [0.25, 0.3) is 0 Å². The molecule has 4 nitrogen and oxygen atoms in total. The molecule has 3 aliphatic carbocycles. The minimum atomic E-state index is -0.668. The van der Waals surface area contributed by atoms with Crippen LogP contribution >= 0.6 is 0 Å². The molecule has 3 rings (SSSR count). The van der Waals surface area contributed by atoms with E-state index in [2.05, 4.69) is 74.6 Å². The molecular weight excluding hydrogens is 568 g/mol. The Morgan fingerprint density at radius 2 is 0.783 bits per heavy atom. The SMILES string of the molecule is CC/C=C/C1(/C=C/C2(/C=C/CCCCCCCC(=O)O)CC2)CC1.CCCCC/C=C/C1(/C=C/CCCCCCCC(=O)O)CC1. The molecule has 0 heterocycles. The molecule has 46 heavy (non-hydrogen) atoms. The molecule has 0 unspecified atom stereocenters. The average Bonchev–Trinajstić information content (AvgIpc) is 3.94. The van der Waals surface area contributed by atoms with Gasteiger partial charge >= 0.3 is 11.9 Å². The zero-order chi connectivity index (χ0) is 33.4. The minimum Gasteiger partial charge on any atom is -0.481 e. The van der Waals surface area contributed by atoms with Crippen molar-refractivity contribution < 1.29 is 19.8 Å². The van der Waals surface area contributed by atoms with Gasteiger partial charge in [0.1, 0.15) is 0 Å². The third kappa shape index (κ3) is 20.0. The second-order valence-corrected chi connectivity index (χ2v) is 14.4.